The van der Waals surface area contributed by atoms with E-state index in [9.17, 15) is 0 Å². The van der Waals surface area contributed by atoms with Crippen LogP contribution in [0, 0.1) is 5.92 Å². The molecule has 1 saturated heterocycles. The van der Waals surface area contributed by atoms with Crippen molar-refractivity contribution in [1.82, 2.24) is 0 Å². The van der Waals surface area contributed by atoms with Gasteiger partial charge in [-0.15, -0.1) is 0 Å². The van der Waals surface area contributed by atoms with E-state index < -0.39 is 0 Å². The Hall–Kier alpha value is -0.0800. The smallest absolute Gasteiger partial charge is 0.159 e. The second-order valence-corrected chi connectivity index (χ2v) is 2.24. The SMILES string of the molecule is CO[C@@H]1OCCC1C. The van der Waals surface area contributed by atoms with Crippen LogP contribution in [-0.2, 0) is 9.47 Å². The fourth-order valence-corrected chi connectivity index (χ4v) is 0.971. The van der Waals surface area contributed by atoms with Gasteiger partial charge in [0.25, 0.3) is 0 Å². The van der Waals surface area contributed by atoms with Crippen molar-refractivity contribution in [3.8, 4) is 0 Å². The van der Waals surface area contributed by atoms with Crippen LogP contribution < -0.4 is 0 Å². The number of hydrogen-bond donors (Lipinski definition) is 0. The van der Waals surface area contributed by atoms with Crippen molar-refractivity contribution >= 4 is 0 Å². The minimum Gasteiger partial charge on any atom is -0.356 e. The summed E-state index contributed by atoms with van der Waals surface area (Å²) in [6.45, 7) is 3.00. The highest BCUT2D eigenvalue weighted by molar-refractivity contribution is 4.62. The molecule has 0 saturated carbocycles. The second kappa shape index (κ2) is 2.46. The maximum atomic E-state index is 5.19. The van der Waals surface area contributed by atoms with Gasteiger partial charge in [0, 0.05) is 13.0 Å². The molecule has 1 aliphatic heterocycles. The summed E-state index contributed by atoms with van der Waals surface area (Å²) in [5.74, 6) is 0.583. The van der Waals surface area contributed by atoms with Crippen LogP contribution in [0.3, 0.4) is 0 Å². The molecule has 0 N–H and O–H groups in total. The number of hydrogen-bond acceptors (Lipinski definition) is 2. The highest BCUT2D eigenvalue weighted by Crippen LogP contribution is 2.19. The van der Waals surface area contributed by atoms with Crippen LogP contribution >= 0.6 is 0 Å². The lowest BCUT2D eigenvalue weighted by molar-refractivity contribution is -0.106. The van der Waals surface area contributed by atoms with Crippen molar-refractivity contribution in [3.63, 3.8) is 0 Å². The van der Waals surface area contributed by atoms with Crippen molar-refractivity contribution in [1.29, 1.82) is 0 Å². The molecule has 1 unspecified atom stereocenters. The van der Waals surface area contributed by atoms with Crippen molar-refractivity contribution < 1.29 is 9.47 Å². The van der Waals surface area contributed by atoms with E-state index in [2.05, 4.69) is 6.92 Å². The van der Waals surface area contributed by atoms with Gasteiger partial charge in [0.15, 0.2) is 6.29 Å². The zero-order valence-electron chi connectivity index (χ0n) is 5.39. The maximum absolute atomic E-state index is 5.19. The van der Waals surface area contributed by atoms with E-state index in [1.54, 1.807) is 7.11 Å². The van der Waals surface area contributed by atoms with Crippen LogP contribution in [0.25, 0.3) is 0 Å². The summed E-state index contributed by atoms with van der Waals surface area (Å²) in [6.07, 6.45) is 1.20. The number of rotatable bonds is 1. The van der Waals surface area contributed by atoms with Gasteiger partial charge in [0.1, 0.15) is 0 Å². The zero-order valence-corrected chi connectivity index (χ0v) is 5.39. The fraction of sp³-hybridized carbons (Fsp3) is 1.00. The van der Waals surface area contributed by atoms with Crippen LogP contribution in [0.4, 0.5) is 0 Å². The van der Waals surface area contributed by atoms with Gasteiger partial charge in [-0.05, 0) is 6.42 Å². The van der Waals surface area contributed by atoms with E-state index in [1.807, 2.05) is 0 Å². The Balaban J connectivity index is 2.30. The van der Waals surface area contributed by atoms with Gasteiger partial charge < -0.3 is 9.47 Å². The van der Waals surface area contributed by atoms with Crippen LogP contribution in [0.1, 0.15) is 13.3 Å². The maximum Gasteiger partial charge on any atom is 0.159 e. The van der Waals surface area contributed by atoms with Gasteiger partial charge in [-0.2, -0.15) is 0 Å². The molecular formula is C6H12O2. The van der Waals surface area contributed by atoms with E-state index in [0.717, 1.165) is 13.0 Å². The first kappa shape index (κ1) is 6.05. The standard InChI is InChI=1S/C6H12O2/c1-5-3-4-8-6(5)7-2/h5-6H,3-4H2,1-2H3/t5?,6-/m1/s1. The lowest BCUT2D eigenvalue weighted by Crippen LogP contribution is -2.14. The van der Waals surface area contributed by atoms with E-state index in [4.69, 9.17) is 9.47 Å². The van der Waals surface area contributed by atoms with Gasteiger partial charge in [-0.3, -0.25) is 0 Å². The Morgan fingerprint density at radius 3 is 2.62 bits per heavy atom. The predicted octanol–water partition coefficient (Wildman–Crippen LogP) is 1.02. The van der Waals surface area contributed by atoms with Crippen molar-refractivity contribution in [3.05, 3.63) is 0 Å². The van der Waals surface area contributed by atoms with E-state index in [1.165, 1.54) is 0 Å². The summed E-state index contributed by atoms with van der Waals surface area (Å²) in [5, 5.41) is 0. The Labute approximate surface area is 49.8 Å². The minimum absolute atomic E-state index is 0.0648. The molecule has 0 aromatic rings. The molecule has 0 spiro atoms. The fourth-order valence-electron chi connectivity index (χ4n) is 0.971. The lowest BCUT2D eigenvalue weighted by atomic mass is 10.1. The third kappa shape index (κ3) is 1.01. The molecule has 1 heterocycles. The summed E-state index contributed by atoms with van der Waals surface area (Å²) >= 11 is 0. The summed E-state index contributed by atoms with van der Waals surface area (Å²) in [6, 6.07) is 0. The predicted molar refractivity (Wildman–Crippen MR) is 30.5 cm³/mol. The third-order valence-corrected chi connectivity index (χ3v) is 1.55. The average Bonchev–Trinajstić information content (AvgIpc) is 2.14. The van der Waals surface area contributed by atoms with Gasteiger partial charge >= 0.3 is 0 Å². The molecule has 48 valence electrons. The van der Waals surface area contributed by atoms with Crippen LogP contribution in [0.2, 0.25) is 0 Å². The van der Waals surface area contributed by atoms with E-state index >= 15 is 0 Å². The number of methoxy groups -OCH3 is 1. The molecule has 2 nitrogen and oxygen atoms in total. The Bertz CT molecular complexity index is 72.9. The third-order valence-electron chi connectivity index (χ3n) is 1.55. The number of ether oxygens (including phenoxy) is 2. The average molecular weight is 116 g/mol. The first-order valence-corrected chi connectivity index (χ1v) is 2.99. The van der Waals surface area contributed by atoms with Gasteiger partial charge in [0.05, 0.1) is 6.61 Å². The topological polar surface area (TPSA) is 18.5 Å². The largest absolute Gasteiger partial charge is 0.356 e. The second-order valence-electron chi connectivity index (χ2n) is 2.24. The molecule has 2 atom stereocenters. The molecule has 0 aromatic heterocycles. The highest BCUT2D eigenvalue weighted by atomic mass is 16.7. The molecule has 2 heteroatoms. The summed E-state index contributed by atoms with van der Waals surface area (Å²) in [7, 11) is 1.69. The van der Waals surface area contributed by atoms with Crippen molar-refractivity contribution in [2.24, 2.45) is 5.92 Å². The Kier molecular flexibility index (Phi) is 1.86. The lowest BCUT2D eigenvalue weighted by Gasteiger charge is -2.10. The first-order valence-electron chi connectivity index (χ1n) is 2.99. The first-order chi connectivity index (χ1) is 3.84. The van der Waals surface area contributed by atoms with Gasteiger partial charge in [-0.25, -0.2) is 0 Å². The molecule has 8 heavy (non-hydrogen) atoms. The molecule has 0 aromatic carbocycles. The van der Waals surface area contributed by atoms with E-state index in [-0.39, 0.29) is 6.29 Å². The molecule has 0 radical (unpaired) electrons. The van der Waals surface area contributed by atoms with E-state index in [0.29, 0.717) is 5.92 Å². The zero-order chi connectivity index (χ0) is 5.98. The summed E-state index contributed by atoms with van der Waals surface area (Å²) < 4.78 is 10.2. The molecule has 0 bridgehead atoms. The highest BCUT2D eigenvalue weighted by Gasteiger charge is 2.22. The quantitative estimate of drug-likeness (QED) is 0.509. The molecule has 1 aliphatic rings. The monoisotopic (exact) mass is 116 g/mol. The Morgan fingerprint density at radius 2 is 2.38 bits per heavy atom. The molecule has 1 fully saturated rings. The van der Waals surface area contributed by atoms with Gasteiger partial charge in [0.2, 0.25) is 0 Å². The Morgan fingerprint density at radius 1 is 1.62 bits per heavy atom. The summed E-state index contributed by atoms with van der Waals surface area (Å²) in [5.41, 5.74) is 0. The normalized spacial score (nSPS) is 38.2. The van der Waals surface area contributed by atoms with Crippen LogP contribution in [0.5, 0.6) is 0 Å². The molecule has 0 aliphatic carbocycles. The van der Waals surface area contributed by atoms with Crippen molar-refractivity contribution in [2.45, 2.75) is 19.6 Å². The summed E-state index contributed by atoms with van der Waals surface area (Å²) in [4.78, 5) is 0. The minimum atomic E-state index is 0.0648. The molecular weight excluding hydrogens is 104 g/mol. The molecule has 1 rings (SSSR count). The van der Waals surface area contributed by atoms with Crippen LogP contribution in [-0.4, -0.2) is 20.0 Å². The molecule has 0 amide bonds. The van der Waals surface area contributed by atoms with Crippen molar-refractivity contribution in [2.75, 3.05) is 13.7 Å². The van der Waals surface area contributed by atoms with Gasteiger partial charge in [-0.1, -0.05) is 6.92 Å². The van der Waals surface area contributed by atoms with Crippen LogP contribution in [0.15, 0.2) is 0 Å².